The second kappa shape index (κ2) is 6.25. The molecule has 0 aliphatic carbocycles. The number of piperazine rings is 1. The van der Waals surface area contributed by atoms with Gasteiger partial charge >= 0.3 is 6.03 Å². The summed E-state index contributed by atoms with van der Waals surface area (Å²) in [4.78, 5) is 26.9. The van der Waals surface area contributed by atoms with Crippen LogP contribution in [-0.4, -0.2) is 60.6 Å². The summed E-state index contributed by atoms with van der Waals surface area (Å²) in [5.74, 6) is 0.981. The van der Waals surface area contributed by atoms with Gasteiger partial charge in [0.15, 0.2) is 0 Å². The number of para-hydroxylation sites is 1. The van der Waals surface area contributed by atoms with Gasteiger partial charge in [0, 0.05) is 39.5 Å². The van der Waals surface area contributed by atoms with E-state index in [2.05, 4.69) is 11.4 Å². The number of amides is 3. The zero-order chi connectivity index (χ0) is 15.5. The molecule has 1 saturated heterocycles. The van der Waals surface area contributed by atoms with Crippen molar-refractivity contribution in [2.45, 2.75) is 19.4 Å². The molecule has 1 N–H and O–H groups in total. The van der Waals surface area contributed by atoms with Gasteiger partial charge in [0.2, 0.25) is 5.91 Å². The summed E-state index contributed by atoms with van der Waals surface area (Å²) in [7, 11) is 0. The Kier molecular flexibility index (Phi) is 4.18. The fraction of sp³-hybridized carbons (Fsp3) is 0.500. The molecule has 3 amide bonds. The lowest BCUT2D eigenvalue weighted by molar-refractivity contribution is -0.130. The molecule has 2 aliphatic rings. The molecule has 6 nitrogen and oxygen atoms in total. The van der Waals surface area contributed by atoms with Crippen LogP contribution in [0.2, 0.25) is 0 Å². The van der Waals surface area contributed by atoms with Gasteiger partial charge in [0.1, 0.15) is 11.9 Å². The maximum atomic E-state index is 12.2. The van der Waals surface area contributed by atoms with Gasteiger partial charge in [-0.3, -0.25) is 4.79 Å². The third-order valence-electron chi connectivity index (χ3n) is 4.21. The molecular weight excluding hydrogens is 282 g/mol. The predicted octanol–water partition coefficient (Wildman–Crippen LogP) is 0.864. The lowest BCUT2D eigenvalue weighted by Gasteiger charge is -2.34. The molecule has 1 atom stereocenters. The van der Waals surface area contributed by atoms with E-state index in [4.69, 9.17) is 4.74 Å². The molecule has 0 bridgehead atoms. The quantitative estimate of drug-likeness (QED) is 0.881. The van der Waals surface area contributed by atoms with Gasteiger partial charge in [-0.2, -0.15) is 0 Å². The first-order chi connectivity index (χ1) is 10.6. The monoisotopic (exact) mass is 303 g/mol. The number of ether oxygens (including phenoxy) is 1. The van der Waals surface area contributed by atoms with Crippen LogP contribution in [-0.2, 0) is 11.2 Å². The Morgan fingerprint density at radius 3 is 2.55 bits per heavy atom. The van der Waals surface area contributed by atoms with E-state index < -0.39 is 0 Å². The first-order valence-electron chi connectivity index (χ1n) is 7.66. The van der Waals surface area contributed by atoms with Crippen molar-refractivity contribution >= 4 is 11.9 Å². The standard InChI is InChI=1S/C16H21N3O3/c1-12(20)18-6-8-19(9-7-18)16(21)17-11-14-10-13-4-2-3-5-15(13)22-14/h2-5,14H,6-11H2,1H3,(H,17,21)/t14-/m1/s1. The van der Waals surface area contributed by atoms with Crippen molar-refractivity contribution in [2.24, 2.45) is 0 Å². The van der Waals surface area contributed by atoms with Crippen molar-refractivity contribution in [2.75, 3.05) is 32.7 Å². The molecule has 3 rings (SSSR count). The van der Waals surface area contributed by atoms with Crippen LogP contribution in [0.25, 0.3) is 0 Å². The van der Waals surface area contributed by atoms with E-state index in [0.29, 0.717) is 32.7 Å². The Hall–Kier alpha value is -2.24. The maximum absolute atomic E-state index is 12.2. The number of urea groups is 1. The van der Waals surface area contributed by atoms with Gasteiger partial charge < -0.3 is 19.9 Å². The molecular formula is C16H21N3O3. The van der Waals surface area contributed by atoms with Gasteiger partial charge in [0.05, 0.1) is 6.54 Å². The second-order valence-corrected chi connectivity index (χ2v) is 5.73. The highest BCUT2D eigenvalue weighted by atomic mass is 16.5. The lowest BCUT2D eigenvalue weighted by atomic mass is 10.1. The summed E-state index contributed by atoms with van der Waals surface area (Å²) in [6, 6.07) is 7.88. The van der Waals surface area contributed by atoms with Crippen LogP contribution in [0.15, 0.2) is 24.3 Å². The number of nitrogens with zero attached hydrogens (tertiary/aromatic N) is 2. The third-order valence-corrected chi connectivity index (χ3v) is 4.21. The largest absolute Gasteiger partial charge is 0.488 e. The first-order valence-corrected chi connectivity index (χ1v) is 7.66. The van der Waals surface area contributed by atoms with Crippen molar-refractivity contribution in [1.82, 2.24) is 15.1 Å². The molecule has 2 heterocycles. The summed E-state index contributed by atoms with van der Waals surface area (Å²) in [6.45, 7) is 4.43. The molecule has 1 aromatic carbocycles. The number of hydrogen-bond acceptors (Lipinski definition) is 3. The van der Waals surface area contributed by atoms with E-state index in [9.17, 15) is 9.59 Å². The molecule has 1 aromatic rings. The number of benzene rings is 1. The molecule has 0 unspecified atom stereocenters. The van der Waals surface area contributed by atoms with Crippen molar-refractivity contribution in [3.63, 3.8) is 0 Å². The van der Waals surface area contributed by atoms with Gasteiger partial charge in [-0.1, -0.05) is 18.2 Å². The summed E-state index contributed by atoms with van der Waals surface area (Å²) in [5.41, 5.74) is 1.19. The van der Waals surface area contributed by atoms with Gasteiger partial charge in [-0.15, -0.1) is 0 Å². The highest BCUT2D eigenvalue weighted by Gasteiger charge is 2.25. The minimum Gasteiger partial charge on any atom is -0.488 e. The fourth-order valence-electron chi connectivity index (χ4n) is 2.91. The zero-order valence-corrected chi connectivity index (χ0v) is 12.7. The molecule has 2 aliphatic heterocycles. The van der Waals surface area contributed by atoms with E-state index in [1.54, 1.807) is 16.7 Å². The summed E-state index contributed by atoms with van der Waals surface area (Å²) in [5, 5.41) is 2.93. The minimum atomic E-state index is -0.0808. The van der Waals surface area contributed by atoms with Crippen molar-refractivity contribution < 1.29 is 14.3 Å². The maximum Gasteiger partial charge on any atom is 0.317 e. The van der Waals surface area contributed by atoms with E-state index in [-0.39, 0.29) is 18.0 Å². The van der Waals surface area contributed by atoms with Crippen LogP contribution in [0.1, 0.15) is 12.5 Å². The van der Waals surface area contributed by atoms with Gasteiger partial charge in [-0.25, -0.2) is 4.79 Å². The average Bonchev–Trinajstić information content (AvgIpc) is 2.95. The first kappa shape index (κ1) is 14.7. The SMILES string of the molecule is CC(=O)N1CCN(C(=O)NC[C@H]2Cc3ccccc3O2)CC1. The average molecular weight is 303 g/mol. The summed E-state index contributed by atoms with van der Waals surface area (Å²) >= 11 is 0. The van der Waals surface area contributed by atoms with E-state index in [0.717, 1.165) is 12.2 Å². The number of nitrogens with one attached hydrogen (secondary N) is 1. The number of rotatable bonds is 2. The Bertz CT molecular complexity index is 543. The normalized spacial score (nSPS) is 20.3. The Morgan fingerprint density at radius 2 is 1.86 bits per heavy atom. The summed E-state index contributed by atoms with van der Waals surface area (Å²) < 4.78 is 5.81. The Morgan fingerprint density at radius 1 is 1.18 bits per heavy atom. The van der Waals surface area contributed by atoms with Gasteiger partial charge in [-0.05, 0) is 11.6 Å². The van der Waals surface area contributed by atoms with Crippen molar-refractivity contribution in [3.05, 3.63) is 29.8 Å². The van der Waals surface area contributed by atoms with Crippen LogP contribution in [0.3, 0.4) is 0 Å². The Labute approximate surface area is 130 Å². The van der Waals surface area contributed by atoms with Gasteiger partial charge in [0.25, 0.3) is 0 Å². The lowest BCUT2D eigenvalue weighted by Crippen LogP contribution is -2.53. The molecule has 6 heteroatoms. The summed E-state index contributed by atoms with van der Waals surface area (Å²) in [6.07, 6.45) is 0.828. The second-order valence-electron chi connectivity index (χ2n) is 5.73. The zero-order valence-electron chi connectivity index (χ0n) is 12.7. The van der Waals surface area contributed by atoms with Crippen molar-refractivity contribution in [3.8, 4) is 5.75 Å². The van der Waals surface area contributed by atoms with E-state index in [1.165, 1.54) is 5.56 Å². The van der Waals surface area contributed by atoms with Crippen LogP contribution in [0.4, 0.5) is 4.79 Å². The Balaban J connectivity index is 1.43. The number of carbonyl (C=O) groups is 2. The van der Waals surface area contributed by atoms with E-state index in [1.807, 2.05) is 18.2 Å². The van der Waals surface area contributed by atoms with Crippen molar-refractivity contribution in [1.29, 1.82) is 0 Å². The number of hydrogen-bond donors (Lipinski definition) is 1. The smallest absolute Gasteiger partial charge is 0.317 e. The van der Waals surface area contributed by atoms with Crippen LogP contribution < -0.4 is 10.1 Å². The molecule has 118 valence electrons. The highest BCUT2D eigenvalue weighted by Crippen LogP contribution is 2.27. The van der Waals surface area contributed by atoms with E-state index >= 15 is 0 Å². The molecule has 0 spiro atoms. The fourth-order valence-corrected chi connectivity index (χ4v) is 2.91. The predicted molar refractivity (Wildman–Crippen MR) is 81.8 cm³/mol. The molecule has 0 radical (unpaired) electrons. The molecule has 22 heavy (non-hydrogen) atoms. The number of fused-ring (bicyclic) bond motifs is 1. The molecule has 0 aromatic heterocycles. The van der Waals surface area contributed by atoms with Crippen LogP contribution in [0.5, 0.6) is 5.75 Å². The molecule has 1 fully saturated rings. The number of carbonyl (C=O) groups excluding carboxylic acids is 2. The molecule has 0 saturated carbocycles. The highest BCUT2D eigenvalue weighted by molar-refractivity contribution is 5.76. The third kappa shape index (κ3) is 3.16. The minimum absolute atomic E-state index is 0.000131. The van der Waals surface area contributed by atoms with Crippen LogP contribution >= 0.6 is 0 Å². The topological polar surface area (TPSA) is 61.9 Å². The van der Waals surface area contributed by atoms with Crippen LogP contribution in [0, 0.1) is 0 Å².